The van der Waals surface area contributed by atoms with Gasteiger partial charge in [-0.15, -0.1) is 0 Å². The predicted octanol–water partition coefficient (Wildman–Crippen LogP) is 8.10. The van der Waals surface area contributed by atoms with Crippen LogP contribution in [0.3, 0.4) is 0 Å². The molecule has 4 aliphatic rings. The Kier molecular flexibility index (Phi) is 9.39. The molecule has 2 N–H and O–H groups in total. The standard InChI is InChI=1S/C42H34Cl3N3O7/c1-54-27-12-5-23(6-13-27)42-31(16-3-22-4-18-35(49)36(19-22)55-2)28-14-15-29-37(40(52)47(38(29)50)26-10-7-24(43)8-11-26)30(28)21-32(42)39(51)48(41(42)53)46-34-17-9-25(44)20-33(34)45/h3-14,16-20,29-32,37,46,49H,15,21H2,1-2H3. The first-order valence-corrected chi connectivity index (χ1v) is 18.7. The Morgan fingerprint density at radius 3 is 2.24 bits per heavy atom. The average Bonchev–Trinajstić information content (AvgIpc) is 3.56. The lowest BCUT2D eigenvalue weighted by molar-refractivity contribution is -0.139. The van der Waals surface area contributed by atoms with Crippen molar-refractivity contribution < 1.29 is 33.8 Å². The highest BCUT2D eigenvalue weighted by molar-refractivity contribution is 6.36. The largest absolute Gasteiger partial charge is 0.504 e. The number of carbonyl (C=O) groups excluding carboxylic acids is 4. The van der Waals surface area contributed by atoms with Crippen LogP contribution in [0.25, 0.3) is 6.08 Å². The summed E-state index contributed by atoms with van der Waals surface area (Å²) in [5.41, 5.74) is 4.20. The first-order chi connectivity index (χ1) is 26.5. The van der Waals surface area contributed by atoms with Crippen LogP contribution >= 0.6 is 34.8 Å². The van der Waals surface area contributed by atoms with Gasteiger partial charge in [0, 0.05) is 16.0 Å². The SMILES string of the molecule is COc1ccc(C23C(=O)N(Nc4ccc(Cl)cc4Cl)C(=O)C2CC2C(=CCC4C(=O)N(c5ccc(Cl)cc5)C(=O)C42)C3C=Cc2ccc(O)c(OC)c2)cc1. The van der Waals surface area contributed by atoms with Gasteiger partial charge < -0.3 is 14.6 Å². The van der Waals surface area contributed by atoms with Crippen molar-refractivity contribution in [2.45, 2.75) is 18.3 Å². The van der Waals surface area contributed by atoms with Gasteiger partial charge in [-0.1, -0.05) is 76.8 Å². The summed E-state index contributed by atoms with van der Waals surface area (Å²) < 4.78 is 10.8. The summed E-state index contributed by atoms with van der Waals surface area (Å²) in [4.78, 5) is 60.0. The third-order valence-corrected chi connectivity index (χ3v) is 12.2. The van der Waals surface area contributed by atoms with Crippen molar-refractivity contribution in [2.24, 2.45) is 29.6 Å². The second kappa shape index (κ2) is 14.1. The first-order valence-electron chi connectivity index (χ1n) is 17.6. The number of benzene rings is 4. The number of aromatic hydroxyl groups is 1. The molecule has 2 heterocycles. The number of amides is 4. The molecule has 0 bridgehead atoms. The fourth-order valence-electron chi connectivity index (χ4n) is 8.94. The molecule has 2 aliphatic carbocycles. The Balaban J connectivity index is 1.31. The number of carbonyl (C=O) groups is 4. The highest BCUT2D eigenvalue weighted by atomic mass is 35.5. The number of hydrazine groups is 1. The topological polar surface area (TPSA) is 125 Å². The minimum absolute atomic E-state index is 0.0398. The Bertz CT molecular complexity index is 2310. The normalized spacial score (nSPS) is 25.8. The quantitative estimate of drug-likeness (QED) is 0.135. The minimum atomic E-state index is -1.51. The van der Waals surface area contributed by atoms with E-state index in [0.29, 0.717) is 38.3 Å². The molecule has 1 saturated carbocycles. The molecule has 0 radical (unpaired) electrons. The molecule has 10 nitrogen and oxygen atoms in total. The molecule has 2 aliphatic heterocycles. The van der Waals surface area contributed by atoms with Crippen LogP contribution in [0.5, 0.6) is 17.2 Å². The zero-order valence-electron chi connectivity index (χ0n) is 29.5. The van der Waals surface area contributed by atoms with E-state index in [-0.39, 0.29) is 41.2 Å². The molecule has 55 heavy (non-hydrogen) atoms. The zero-order chi connectivity index (χ0) is 38.8. The molecule has 3 fully saturated rings. The molecule has 4 aromatic carbocycles. The number of hydrogen-bond donors (Lipinski definition) is 2. The second-order valence-electron chi connectivity index (χ2n) is 14.0. The molecule has 0 aromatic heterocycles. The van der Waals surface area contributed by atoms with Crippen molar-refractivity contribution >= 4 is 75.9 Å². The van der Waals surface area contributed by atoms with Crippen LogP contribution in [0.2, 0.25) is 15.1 Å². The monoisotopic (exact) mass is 797 g/mol. The third-order valence-electron chi connectivity index (χ3n) is 11.4. The molecule has 4 amide bonds. The fourth-order valence-corrected chi connectivity index (χ4v) is 9.52. The van der Waals surface area contributed by atoms with Crippen LogP contribution in [0.15, 0.2) is 103 Å². The van der Waals surface area contributed by atoms with Gasteiger partial charge in [0.2, 0.25) is 11.8 Å². The molecule has 4 aromatic rings. The number of methoxy groups -OCH3 is 2. The van der Waals surface area contributed by atoms with Gasteiger partial charge in [0.05, 0.1) is 53.8 Å². The summed E-state index contributed by atoms with van der Waals surface area (Å²) in [5.74, 6) is -4.71. The van der Waals surface area contributed by atoms with E-state index in [1.807, 2.05) is 18.2 Å². The van der Waals surface area contributed by atoms with E-state index < -0.39 is 46.8 Å². The number of rotatable bonds is 8. The van der Waals surface area contributed by atoms with Crippen molar-refractivity contribution in [3.63, 3.8) is 0 Å². The van der Waals surface area contributed by atoms with Gasteiger partial charge in [-0.2, -0.15) is 5.01 Å². The number of allylic oxidation sites excluding steroid dienone is 3. The molecule has 2 saturated heterocycles. The van der Waals surface area contributed by atoms with Crippen molar-refractivity contribution in [3.8, 4) is 17.2 Å². The smallest absolute Gasteiger partial charge is 0.260 e. The summed E-state index contributed by atoms with van der Waals surface area (Å²) in [6, 6.07) is 23.2. The summed E-state index contributed by atoms with van der Waals surface area (Å²) in [6.07, 6.45) is 6.04. The number of imide groups is 2. The number of anilines is 2. The van der Waals surface area contributed by atoms with Gasteiger partial charge in [-0.3, -0.25) is 29.5 Å². The van der Waals surface area contributed by atoms with Crippen LogP contribution < -0.4 is 19.8 Å². The van der Waals surface area contributed by atoms with E-state index >= 15 is 4.79 Å². The van der Waals surface area contributed by atoms with Crippen LogP contribution in [0.4, 0.5) is 11.4 Å². The van der Waals surface area contributed by atoms with Gasteiger partial charge in [-0.25, -0.2) is 0 Å². The third kappa shape index (κ3) is 5.86. The first kappa shape index (κ1) is 36.7. The van der Waals surface area contributed by atoms with E-state index in [1.165, 1.54) is 24.1 Å². The van der Waals surface area contributed by atoms with Gasteiger partial charge in [0.1, 0.15) is 5.75 Å². The van der Waals surface area contributed by atoms with E-state index in [4.69, 9.17) is 44.3 Å². The van der Waals surface area contributed by atoms with Crippen LogP contribution in [-0.2, 0) is 24.6 Å². The lowest BCUT2D eigenvalue weighted by atomic mass is 9.50. The lowest BCUT2D eigenvalue weighted by Crippen LogP contribution is -2.54. The maximum Gasteiger partial charge on any atom is 0.260 e. The number of hydrogen-bond acceptors (Lipinski definition) is 8. The van der Waals surface area contributed by atoms with Crippen LogP contribution in [0.1, 0.15) is 24.0 Å². The number of phenols is 1. The number of nitrogens with zero attached hydrogens (tertiary/aromatic N) is 2. The minimum Gasteiger partial charge on any atom is -0.504 e. The number of ether oxygens (including phenoxy) is 2. The molecular weight excluding hydrogens is 765 g/mol. The summed E-state index contributed by atoms with van der Waals surface area (Å²) in [5, 5.41) is 12.4. The highest BCUT2D eigenvalue weighted by Gasteiger charge is 2.69. The Morgan fingerprint density at radius 2 is 1.55 bits per heavy atom. The van der Waals surface area contributed by atoms with Crippen LogP contribution in [0, 0.1) is 29.6 Å². The molecule has 6 atom stereocenters. The second-order valence-corrected chi connectivity index (χ2v) is 15.3. The van der Waals surface area contributed by atoms with Gasteiger partial charge in [-0.05, 0) is 96.6 Å². The van der Waals surface area contributed by atoms with Crippen molar-refractivity contribution in [1.82, 2.24) is 5.01 Å². The van der Waals surface area contributed by atoms with E-state index in [9.17, 15) is 19.5 Å². The summed E-state index contributed by atoms with van der Waals surface area (Å²) in [6.45, 7) is 0. The number of nitrogens with one attached hydrogen (secondary N) is 1. The maximum atomic E-state index is 15.3. The number of halogens is 3. The van der Waals surface area contributed by atoms with E-state index in [2.05, 4.69) is 5.43 Å². The highest BCUT2D eigenvalue weighted by Crippen LogP contribution is 2.62. The molecule has 13 heteroatoms. The summed E-state index contributed by atoms with van der Waals surface area (Å²) >= 11 is 18.9. The molecular formula is C42H34Cl3N3O7. The zero-order valence-corrected chi connectivity index (χ0v) is 31.8. The van der Waals surface area contributed by atoms with Gasteiger partial charge in [0.25, 0.3) is 11.8 Å². The molecule has 6 unspecified atom stereocenters. The van der Waals surface area contributed by atoms with E-state index in [1.54, 1.807) is 79.9 Å². The Hall–Kier alpha value is -5.29. The van der Waals surface area contributed by atoms with Gasteiger partial charge >= 0.3 is 0 Å². The van der Waals surface area contributed by atoms with E-state index in [0.717, 1.165) is 10.6 Å². The Labute approximate surface area is 331 Å². The number of phenolic OH excluding ortho intramolecular Hbond substituents is 1. The number of fused-ring (bicyclic) bond motifs is 4. The molecule has 280 valence electrons. The van der Waals surface area contributed by atoms with Crippen molar-refractivity contribution in [3.05, 3.63) is 129 Å². The van der Waals surface area contributed by atoms with Crippen molar-refractivity contribution in [2.75, 3.05) is 24.5 Å². The average molecular weight is 799 g/mol. The fraction of sp³-hybridized carbons (Fsp3) is 0.238. The lowest BCUT2D eigenvalue weighted by Gasteiger charge is -2.49. The predicted molar refractivity (Wildman–Crippen MR) is 209 cm³/mol. The summed E-state index contributed by atoms with van der Waals surface area (Å²) in [7, 11) is 2.99. The maximum absolute atomic E-state index is 15.3. The van der Waals surface area contributed by atoms with Crippen molar-refractivity contribution in [1.29, 1.82) is 0 Å². The molecule has 8 rings (SSSR count). The molecule has 0 spiro atoms. The Morgan fingerprint density at radius 1 is 0.818 bits per heavy atom. The van der Waals surface area contributed by atoms with Gasteiger partial charge in [0.15, 0.2) is 11.5 Å². The van der Waals surface area contributed by atoms with Crippen LogP contribution in [-0.4, -0.2) is 48.0 Å².